The van der Waals surface area contributed by atoms with Crippen LogP contribution in [-0.4, -0.2) is 20.9 Å². The minimum absolute atomic E-state index is 0.223. The van der Waals surface area contributed by atoms with Crippen LogP contribution in [-0.2, 0) is 6.42 Å². The van der Waals surface area contributed by atoms with Crippen molar-refractivity contribution in [2.75, 3.05) is 0 Å². The van der Waals surface area contributed by atoms with Gasteiger partial charge in [0.15, 0.2) is 0 Å². The average Bonchev–Trinajstić information content (AvgIpc) is 3.03. The van der Waals surface area contributed by atoms with Crippen LogP contribution in [0.25, 0.3) is 5.69 Å². The van der Waals surface area contributed by atoms with Crippen molar-refractivity contribution in [1.82, 2.24) is 9.78 Å². The second-order valence-corrected chi connectivity index (χ2v) is 6.39. The summed E-state index contributed by atoms with van der Waals surface area (Å²) < 4.78 is 1.81. The fourth-order valence-corrected chi connectivity index (χ4v) is 2.51. The first kappa shape index (κ1) is 17.5. The minimum Gasteiger partial charge on any atom is -0.478 e. The Morgan fingerprint density at radius 2 is 1.77 bits per heavy atom. The van der Waals surface area contributed by atoms with Crippen LogP contribution in [0.2, 0.25) is 0 Å². The predicted molar refractivity (Wildman–Crippen MR) is 99.7 cm³/mol. The molecular formula is C20H20N4O2. The number of benzene rings is 2. The summed E-state index contributed by atoms with van der Waals surface area (Å²) in [7, 11) is 0. The van der Waals surface area contributed by atoms with E-state index < -0.39 is 5.97 Å². The number of nitrogens with zero attached hydrogens (tertiary/aromatic N) is 4. The zero-order valence-corrected chi connectivity index (χ0v) is 14.7. The highest BCUT2D eigenvalue weighted by Gasteiger charge is 2.11. The molecule has 1 N–H and O–H groups in total. The molecular weight excluding hydrogens is 328 g/mol. The minimum atomic E-state index is -0.961. The molecule has 2 aromatic carbocycles. The monoisotopic (exact) mass is 348 g/mol. The number of aromatic nitrogens is 2. The van der Waals surface area contributed by atoms with Crippen LogP contribution in [0.4, 0.5) is 11.4 Å². The first-order chi connectivity index (χ1) is 12.5. The molecule has 0 radical (unpaired) electrons. The molecule has 0 saturated carbocycles. The highest BCUT2D eigenvalue weighted by atomic mass is 16.4. The fourth-order valence-electron chi connectivity index (χ4n) is 2.51. The summed E-state index contributed by atoms with van der Waals surface area (Å²) in [6.07, 6.45) is 2.66. The van der Waals surface area contributed by atoms with Gasteiger partial charge in [-0.1, -0.05) is 32.0 Å². The third kappa shape index (κ3) is 4.22. The maximum Gasteiger partial charge on any atom is 0.335 e. The van der Waals surface area contributed by atoms with E-state index in [-0.39, 0.29) is 5.56 Å². The number of aromatic carboxylic acids is 1. The Morgan fingerprint density at radius 3 is 2.38 bits per heavy atom. The van der Waals surface area contributed by atoms with Gasteiger partial charge in [-0.3, -0.25) is 0 Å². The van der Waals surface area contributed by atoms with E-state index in [0.29, 0.717) is 17.3 Å². The van der Waals surface area contributed by atoms with Gasteiger partial charge in [0.1, 0.15) is 5.69 Å². The van der Waals surface area contributed by atoms with Crippen LogP contribution in [0.1, 0.15) is 29.9 Å². The number of rotatable bonds is 6. The van der Waals surface area contributed by atoms with E-state index in [1.165, 1.54) is 12.1 Å². The SMILES string of the molecule is CC(C)Cc1nn(-c2ccccc2)cc1N=Nc1ccc(C(=O)O)cc1. The van der Waals surface area contributed by atoms with Crippen molar-refractivity contribution in [1.29, 1.82) is 0 Å². The zero-order valence-electron chi connectivity index (χ0n) is 14.7. The van der Waals surface area contributed by atoms with Gasteiger partial charge in [-0.2, -0.15) is 10.2 Å². The van der Waals surface area contributed by atoms with E-state index in [9.17, 15) is 4.79 Å². The molecule has 0 aliphatic carbocycles. The van der Waals surface area contributed by atoms with Crippen molar-refractivity contribution >= 4 is 17.3 Å². The lowest BCUT2D eigenvalue weighted by molar-refractivity contribution is 0.0697. The van der Waals surface area contributed by atoms with Gasteiger partial charge in [-0.15, -0.1) is 5.11 Å². The van der Waals surface area contributed by atoms with E-state index in [1.54, 1.807) is 16.8 Å². The predicted octanol–water partition coefficient (Wildman–Crippen LogP) is 5.18. The van der Waals surface area contributed by atoms with Crippen molar-refractivity contribution < 1.29 is 9.90 Å². The number of para-hydroxylation sites is 1. The van der Waals surface area contributed by atoms with E-state index in [4.69, 9.17) is 5.11 Å². The Balaban J connectivity index is 1.89. The highest BCUT2D eigenvalue weighted by Crippen LogP contribution is 2.25. The van der Waals surface area contributed by atoms with E-state index in [1.807, 2.05) is 36.5 Å². The molecule has 6 heteroatoms. The van der Waals surface area contributed by atoms with Crippen LogP contribution >= 0.6 is 0 Å². The van der Waals surface area contributed by atoms with E-state index >= 15 is 0 Å². The first-order valence-corrected chi connectivity index (χ1v) is 8.42. The quantitative estimate of drug-likeness (QED) is 0.623. The smallest absolute Gasteiger partial charge is 0.335 e. The number of carboxylic acid groups (broad SMARTS) is 1. The number of hydrogen-bond acceptors (Lipinski definition) is 4. The Hall–Kier alpha value is -3.28. The van der Waals surface area contributed by atoms with Crippen molar-refractivity contribution in [3.63, 3.8) is 0 Å². The summed E-state index contributed by atoms with van der Waals surface area (Å²) in [6.45, 7) is 4.26. The lowest BCUT2D eigenvalue weighted by Gasteiger charge is -2.02. The summed E-state index contributed by atoms with van der Waals surface area (Å²) >= 11 is 0. The van der Waals surface area contributed by atoms with Crippen LogP contribution in [0, 0.1) is 5.92 Å². The molecule has 132 valence electrons. The van der Waals surface area contributed by atoms with Gasteiger partial charge in [0.25, 0.3) is 0 Å². The van der Waals surface area contributed by atoms with Crippen molar-refractivity contribution in [3.05, 3.63) is 72.1 Å². The molecule has 6 nitrogen and oxygen atoms in total. The lowest BCUT2D eigenvalue weighted by Crippen LogP contribution is -1.98. The van der Waals surface area contributed by atoms with Gasteiger partial charge in [0.05, 0.1) is 28.8 Å². The van der Waals surface area contributed by atoms with Gasteiger partial charge >= 0.3 is 5.97 Å². The molecule has 0 aliphatic heterocycles. The second-order valence-electron chi connectivity index (χ2n) is 6.39. The van der Waals surface area contributed by atoms with Crippen LogP contribution < -0.4 is 0 Å². The number of hydrogen-bond donors (Lipinski definition) is 1. The molecule has 0 unspecified atom stereocenters. The Morgan fingerprint density at radius 1 is 1.08 bits per heavy atom. The molecule has 0 atom stereocenters. The standard InChI is InChI=1S/C20H20N4O2/c1-14(2)12-18-19(13-24(23-18)17-6-4-3-5-7-17)22-21-16-10-8-15(9-11-16)20(25)26/h3-11,13-14H,12H2,1-2H3,(H,25,26). The number of carbonyl (C=O) groups is 1. The zero-order chi connectivity index (χ0) is 18.5. The number of azo groups is 1. The van der Waals surface area contributed by atoms with Crippen LogP contribution in [0.5, 0.6) is 0 Å². The summed E-state index contributed by atoms with van der Waals surface area (Å²) in [5.74, 6) is -0.519. The van der Waals surface area contributed by atoms with Gasteiger partial charge in [-0.05, 0) is 48.7 Å². The van der Waals surface area contributed by atoms with Crippen molar-refractivity contribution in [2.24, 2.45) is 16.1 Å². The molecule has 3 aromatic rings. The van der Waals surface area contributed by atoms with Gasteiger partial charge in [0, 0.05) is 0 Å². The van der Waals surface area contributed by atoms with Gasteiger partial charge in [0.2, 0.25) is 0 Å². The number of carboxylic acids is 1. The maximum atomic E-state index is 10.9. The molecule has 1 heterocycles. The molecule has 3 rings (SSSR count). The van der Waals surface area contributed by atoms with Crippen molar-refractivity contribution in [3.8, 4) is 5.69 Å². The summed E-state index contributed by atoms with van der Waals surface area (Å²) in [5, 5.41) is 22.2. The van der Waals surface area contributed by atoms with Crippen molar-refractivity contribution in [2.45, 2.75) is 20.3 Å². The van der Waals surface area contributed by atoms with Crippen LogP contribution in [0.15, 0.2) is 71.0 Å². The third-order valence-corrected chi connectivity index (χ3v) is 3.78. The molecule has 0 spiro atoms. The Bertz CT molecular complexity index is 913. The normalized spacial score (nSPS) is 11.3. The highest BCUT2D eigenvalue weighted by molar-refractivity contribution is 5.87. The van der Waals surface area contributed by atoms with Gasteiger partial charge < -0.3 is 5.11 Å². The Kier molecular flexibility index (Phi) is 5.22. The largest absolute Gasteiger partial charge is 0.478 e. The van der Waals surface area contributed by atoms with E-state index in [2.05, 4.69) is 29.2 Å². The molecule has 0 saturated heterocycles. The molecule has 0 aliphatic rings. The summed E-state index contributed by atoms with van der Waals surface area (Å²) in [4.78, 5) is 10.9. The van der Waals surface area contributed by atoms with Gasteiger partial charge in [-0.25, -0.2) is 9.48 Å². The molecule has 0 bridgehead atoms. The Labute approximate surface area is 151 Å². The topological polar surface area (TPSA) is 79.8 Å². The fraction of sp³-hybridized carbons (Fsp3) is 0.200. The second kappa shape index (κ2) is 7.74. The van der Waals surface area contributed by atoms with Crippen LogP contribution in [0.3, 0.4) is 0 Å². The molecule has 0 fully saturated rings. The van der Waals surface area contributed by atoms with E-state index in [0.717, 1.165) is 17.8 Å². The molecule has 1 aromatic heterocycles. The summed E-state index contributed by atoms with van der Waals surface area (Å²) in [5.41, 5.74) is 3.38. The maximum absolute atomic E-state index is 10.9. The lowest BCUT2D eigenvalue weighted by atomic mass is 10.1. The third-order valence-electron chi connectivity index (χ3n) is 3.78. The average molecular weight is 348 g/mol. The first-order valence-electron chi connectivity index (χ1n) is 8.42. The molecule has 26 heavy (non-hydrogen) atoms. The molecule has 0 amide bonds. The summed E-state index contributed by atoms with van der Waals surface area (Å²) in [6, 6.07) is 16.2.